The molecule has 0 fully saturated rings. The van der Waals surface area contributed by atoms with Crippen LogP contribution in [-0.2, 0) is 4.74 Å². The number of nitrogens with one attached hydrogen (secondary N) is 2. The summed E-state index contributed by atoms with van der Waals surface area (Å²) in [4.78, 5) is 13.2. The maximum Gasteiger partial charge on any atom is 0.319 e. The van der Waals surface area contributed by atoms with E-state index in [1.54, 1.807) is 18.4 Å². The van der Waals surface area contributed by atoms with E-state index in [4.69, 9.17) is 4.74 Å². The molecular weight excluding hydrogens is 312 g/mol. The highest BCUT2D eigenvalue weighted by Crippen LogP contribution is 2.23. The highest BCUT2D eigenvalue weighted by Gasteiger charge is 2.15. The molecule has 0 spiro atoms. The lowest BCUT2D eigenvalue weighted by Crippen LogP contribution is -2.32. The predicted molar refractivity (Wildman–Crippen MR) is 92.8 cm³/mol. The van der Waals surface area contributed by atoms with Gasteiger partial charge in [0.25, 0.3) is 0 Å². The van der Waals surface area contributed by atoms with Gasteiger partial charge in [-0.3, -0.25) is 0 Å². The highest BCUT2D eigenvalue weighted by molar-refractivity contribution is 7.10. The number of hydrogen-bond acceptors (Lipinski definition) is 4. The number of carbonyl (C=O) groups excluding carboxylic acids is 1. The normalized spacial score (nSPS) is 13.3. The number of urea groups is 1. The van der Waals surface area contributed by atoms with Crippen molar-refractivity contribution in [3.8, 4) is 0 Å². The molecule has 1 aromatic heterocycles. The summed E-state index contributed by atoms with van der Waals surface area (Å²) < 4.78 is 5.29. The predicted octanol–water partition coefficient (Wildman–Crippen LogP) is 3.70. The summed E-state index contributed by atoms with van der Waals surface area (Å²) in [6.07, 6.45) is 0.447. The zero-order valence-corrected chi connectivity index (χ0v) is 14.1. The molecule has 0 unspecified atom stereocenters. The van der Waals surface area contributed by atoms with Crippen LogP contribution in [-0.4, -0.2) is 24.9 Å². The Morgan fingerprint density at radius 1 is 1.35 bits per heavy atom. The van der Waals surface area contributed by atoms with Gasteiger partial charge in [0.05, 0.1) is 12.1 Å². The van der Waals surface area contributed by atoms with Gasteiger partial charge in [-0.05, 0) is 42.5 Å². The Labute approximate surface area is 140 Å². The molecule has 124 valence electrons. The van der Waals surface area contributed by atoms with Crippen LogP contribution in [0.2, 0.25) is 0 Å². The average Bonchev–Trinajstić information content (AvgIpc) is 3.08. The van der Waals surface area contributed by atoms with Crippen molar-refractivity contribution in [2.24, 2.45) is 0 Å². The van der Waals surface area contributed by atoms with E-state index in [1.807, 2.05) is 48.7 Å². The van der Waals surface area contributed by atoms with Gasteiger partial charge in [-0.25, -0.2) is 4.79 Å². The Kier molecular flexibility index (Phi) is 6.58. The van der Waals surface area contributed by atoms with Crippen molar-refractivity contribution in [1.82, 2.24) is 5.32 Å². The molecule has 6 heteroatoms. The molecule has 0 aliphatic carbocycles. The van der Waals surface area contributed by atoms with Crippen molar-refractivity contribution in [1.29, 1.82) is 0 Å². The van der Waals surface area contributed by atoms with Crippen LogP contribution in [0.15, 0.2) is 41.8 Å². The molecule has 0 bridgehead atoms. The maximum atomic E-state index is 12.2. The largest absolute Gasteiger partial charge is 0.396 e. The first-order chi connectivity index (χ1) is 11.1. The van der Waals surface area contributed by atoms with Gasteiger partial charge >= 0.3 is 6.03 Å². The van der Waals surface area contributed by atoms with E-state index in [0.29, 0.717) is 12.1 Å². The number of aliphatic hydroxyl groups is 1. The zero-order valence-electron chi connectivity index (χ0n) is 13.3. The minimum absolute atomic E-state index is 0.0175. The first kappa shape index (κ1) is 17.5. The molecule has 2 amide bonds. The number of amides is 2. The molecule has 0 radical (unpaired) electrons. The maximum absolute atomic E-state index is 12.2. The second-order valence-electron chi connectivity index (χ2n) is 5.18. The van der Waals surface area contributed by atoms with Crippen molar-refractivity contribution >= 4 is 23.1 Å². The third-order valence-electron chi connectivity index (χ3n) is 3.58. The smallest absolute Gasteiger partial charge is 0.319 e. The first-order valence-corrected chi connectivity index (χ1v) is 8.36. The molecule has 1 heterocycles. The fraction of sp³-hybridized carbons (Fsp3) is 0.353. The van der Waals surface area contributed by atoms with Gasteiger partial charge in [-0.1, -0.05) is 18.2 Å². The van der Waals surface area contributed by atoms with E-state index >= 15 is 0 Å². The minimum Gasteiger partial charge on any atom is -0.396 e. The Bertz CT molecular complexity index is 616. The molecular formula is C17H22N2O3S. The molecule has 0 aliphatic heterocycles. The zero-order chi connectivity index (χ0) is 16.7. The summed E-state index contributed by atoms with van der Waals surface area (Å²) in [7, 11) is 1.65. The van der Waals surface area contributed by atoms with Crippen LogP contribution < -0.4 is 10.6 Å². The van der Waals surface area contributed by atoms with Crippen LogP contribution in [0.1, 0.15) is 35.9 Å². The first-order valence-electron chi connectivity index (χ1n) is 7.48. The van der Waals surface area contributed by atoms with Crippen molar-refractivity contribution in [2.45, 2.75) is 25.5 Å². The van der Waals surface area contributed by atoms with Crippen molar-refractivity contribution in [2.75, 3.05) is 19.0 Å². The van der Waals surface area contributed by atoms with Crippen LogP contribution in [0.5, 0.6) is 0 Å². The van der Waals surface area contributed by atoms with Crippen LogP contribution >= 0.6 is 11.3 Å². The number of rotatable bonds is 7. The van der Waals surface area contributed by atoms with E-state index in [-0.39, 0.29) is 24.8 Å². The summed E-state index contributed by atoms with van der Waals surface area (Å²) >= 11 is 1.56. The third kappa shape index (κ3) is 5.06. The van der Waals surface area contributed by atoms with Crippen LogP contribution in [0.25, 0.3) is 0 Å². The van der Waals surface area contributed by atoms with Gasteiger partial charge in [0.1, 0.15) is 0 Å². The molecule has 0 saturated carbocycles. The van der Waals surface area contributed by atoms with Crippen molar-refractivity contribution < 1.29 is 14.6 Å². The van der Waals surface area contributed by atoms with E-state index < -0.39 is 0 Å². The average molecular weight is 334 g/mol. The molecule has 2 atom stereocenters. The minimum atomic E-state index is -0.293. The summed E-state index contributed by atoms with van der Waals surface area (Å²) in [6.45, 7) is 1.97. The monoisotopic (exact) mass is 334 g/mol. The van der Waals surface area contributed by atoms with Crippen LogP contribution in [0.3, 0.4) is 0 Å². The van der Waals surface area contributed by atoms with E-state index in [0.717, 1.165) is 10.4 Å². The molecule has 1 aromatic carbocycles. The lowest BCUT2D eigenvalue weighted by atomic mass is 10.1. The summed E-state index contributed by atoms with van der Waals surface area (Å²) in [5, 5.41) is 16.9. The Morgan fingerprint density at radius 3 is 2.83 bits per heavy atom. The number of carbonyl (C=O) groups is 1. The van der Waals surface area contributed by atoms with Gasteiger partial charge in [0, 0.05) is 24.3 Å². The molecule has 2 aromatic rings. The molecule has 23 heavy (non-hydrogen) atoms. The number of aliphatic hydroxyl groups excluding tert-OH is 1. The second kappa shape index (κ2) is 8.67. The van der Waals surface area contributed by atoms with Gasteiger partial charge < -0.3 is 20.5 Å². The quantitative estimate of drug-likeness (QED) is 0.723. The molecule has 0 aliphatic rings. The van der Waals surface area contributed by atoms with Crippen molar-refractivity contribution in [3.05, 3.63) is 52.2 Å². The molecule has 5 nitrogen and oxygen atoms in total. The topological polar surface area (TPSA) is 70.6 Å². The van der Waals surface area contributed by atoms with Gasteiger partial charge in [-0.15, -0.1) is 11.3 Å². The Hall–Kier alpha value is -1.89. The third-order valence-corrected chi connectivity index (χ3v) is 4.56. The molecule has 2 rings (SSSR count). The Balaban J connectivity index is 2.01. The summed E-state index contributed by atoms with van der Waals surface area (Å²) in [6, 6.07) is 11.0. The lowest BCUT2D eigenvalue weighted by molar-refractivity contribution is 0.119. The number of methoxy groups -OCH3 is 1. The number of anilines is 1. The van der Waals surface area contributed by atoms with Crippen LogP contribution in [0.4, 0.5) is 10.5 Å². The molecule has 0 saturated heterocycles. The van der Waals surface area contributed by atoms with E-state index in [2.05, 4.69) is 10.6 Å². The van der Waals surface area contributed by atoms with Gasteiger partial charge in [0.2, 0.25) is 0 Å². The second-order valence-corrected chi connectivity index (χ2v) is 6.16. The highest BCUT2D eigenvalue weighted by atomic mass is 32.1. The SMILES string of the molecule is CO[C@H](C)c1cccc(NC(=O)N[C@H](CCO)c2cccs2)c1. The summed E-state index contributed by atoms with van der Waals surface area (Å²) in [5.74, 6) is 0. The fourth-order valence-electron chi connectivity index (χ4n) is 2.23. The molecule has 3 N–H and O–H groups in total. The number of hydrogen-bond donors (Lipinski definition) is 3. The van der Waals surface area contributed by atoms with Crippen molar-refractivity contribution in [3.63, 3.8) is 0 Å². The fourth-order valence-corrected chi connectivity index (χ4v) is 3.05. The Morgan fingerprint density at radius 2 is 2.17 bits per heavy atom. The summed E-state index contributed by atoms with van der Waals surface area (Å²) in [5.41, 5.74) is 1.70. The van der Waals surface area contributed by atoms with Crippen LogP contribution in [0, 0.1) is 0 Å². The van der Waals surface area contributed by atoms with Gasteiger partial charge in [0.15, 0.2) is 0 Å². The standard InChI is InChI=1S/C17H22N2O3S/c1-12(22-2)13-5-3-6-14(11-13)18-17(21)19-15(8-9-20)16-7-4-10-23-16/h3-7,10-12,15,20H,8-9H2,1-2H3,(H2,18,19,21)/t12-,15-/m1/s1. The van der Waals surface area contributed by atoms with E-state index in [9.17, 15) is 9.90 Å². The van der Waals surface area contributed by atoms with Gasteiger partial charge in [-0.2, -0.15) is 0 Å². The number of ether oxygens (including phenoxy) is 1. The number of thiophene rings is 1. The lowest BCUT2D eigenvalue weighted by Gasteiger charge is -2.17. The number of benzene rings is 1. The van der Waals surface area contributed by atoms with E-state index in [1.165, 1.54) is 0 Å².